The van der Waals surface area contributed by atoms with Crippen LogP contribution in [-0.4, -0.2) is 17.4 Å². The van der Waals surface area contributed by atoms with E-state index in [9.17, 15) is 14.9 Å². The lowest BCUT2D eigenvalue weighted by molar-refractivity contribution is -0.384. The van der Waals surface area contributed by atoms with Gasteiger partial charge in [-0.15, -0.1) is 0 Å². The lowest BCUT2D eigenvalue weighted by Gasteiger charge is -2.08. The molecule has 0 spiro atoms. The number of benzene rings is 2. The van der Waals surface area contributed by atoms with Gasteiger partial charge in [-0.1, -0.05) is 35.9 Å². The van der Waals surface area contributed by atoms with Crippen LogP contribution in [0.25, 0.3) is 0 Å². The largest absolute Gasteiger partial charge is 0.352 e. The van der Waals surface area contributed by atoms with E-state index in [1.165, 1.54) is 18.2 Å². The zero-order chi connectivity index (χ0) is 16.1. The highest BCUT2D eigenvalue weighted by molar-refractivity contribution is 6.33. The van der Waals surface area contributed by atoms with Crippen LogP contribution in [0.1, 0.15) is 21.5 Å². The van der Waals surface area contributed by atoms with Crippen molar-refractivity contribution in [3.8, 4) is 0 Å². The minimum atomic E-state index is -0.555. The molecule has 0 fully saturated rings. The van der Waals surface area contributed by atoms with Crippen LogP contribution in [0.5, 0.6) is 0 Å². The molecular weight excluding hydrogens is 304 g/mol. The fourth-order valence-electron chi connectivity index (χ4n) is 2.10. The van der Waals surface area contributed by atoms with Gasteiger partial charge in [-0.2, -0.15) is 0 Å². The Morgan fingerprint density at radius 2 is 2.00 bits per heavy atom. The third-order valence-corrected chi connectivity index (χ3v) is 3.68. The Morgan fingerprint density at radius 3 is 2.68 bits per heavy atom. The van der Waals surface area contributed by atoms with Gasteiger partial charge in [-0.05, 0) is 30.5 Å². The molecule has 0 unspecified atom stereocenters. The number of nitro groups is 1. The summed E-state index contributed by atoms with van der Waals surface area (Å²) in [7, 11) is 0. The van der Waals surface area contributed by atoms with Crippen LogP contribution in [-0.2, 0) is 6.42 Å². The van der Waals surface area contributed by atoms with Crippen LogP contribution < -0.4 is 5.32 Å². The van der Waals surface area contributed by atoms with Gasteiger partial charge in [0.1, 0.15) is 0 Å². The number of halogens is 1. The Morgan fingerprint density at radius 1 is 1.27 bits per heavy atom. The molecule has 0 aliphatic rings. The number of non-ortho nitro benzene ring substituents is 1. The third-order valence-electron chi connectivity index (χ3n) is 3.35. The monoisotopic (exact) mass is 318 g/mol. The van der Waals surface area contributed by atoms with E-state index in [-0.39, 0.29) is 16.3 Å². The van der Waals surface area contributed by atoms with Crippen molar-refractivity contribution in [3.05, 3.63) is 74.3 Å². The molecule has 0 saturated carbocycles. The standard InChI is InChI=1S/C16H15ClN2O3/c1-11-4-2-3-5-12(11)8-9-18-16(20)14-10-13(19(21)22)6-7-15(14)17/h2-7,10H,8-9H2,1H3,(H,18,20). The molecule has 1 N–H and O–H groups in total. The number of carbonyl (C=O) groups is 1. The maximum atomic E-state index is 12.1. The van der Waals surface area contributed by atoms with Crippen molar-refractivity contribution in [1.82, 2.24) is 5.32 Å². The number of amides is 1. The maximum absolute atomic E-state index is 12.1. The van der Waals surface area contributed by atoms with Crippen molar-refractivity contribution in [1.29, 1.82) is 0 Å². The van der Waals surface area contributed by atoms with Crippen molar-refractivity contribution in [2.75, 3.05) is 6.54 Å². The van der Waals surface area contributed by atoms with Gasteiger partial charge in [0.2, 0.25) is 0 Å². The van der Waals surface area contributed by atoms with Gasteiger partial charge >= 0.3 is 0 Å². The minimum absolute atomic E-state index is 0.112. The van der Waals surface area contributed by atoms with E-state index >= 15 is 0 Å². The van der Waals surface area contributed by atoms with Crippen LogP contribution in [0, 0.1) is 17.0 Å². The summed E-state index contributed by atoms with van der Waals surface area (Å²) < 4.78 is 0. The summed E-state index contributed by atoms with van der Waals surface area (Å²) in [6, 6.07) is 11.7. The molecule has 114 valence electrons. The molecule has 2 rings (SSSR count). The summed E-state index contributed by atoms with van der Waals surface area (Å²) in [6.07, 6.45) is 0.685. The van der Waals surface area contributed by atoms with Gasteiger partial charge < -0.3 is 5.32 Å². The molecule has 2 aromatic rings. The van der Waals surface area contributed by atoms with Gasteiger partial charge in [0.15, 0.2) is 0 Å². The smallest absolute Gasteiger partial charge is 0.270 e. The first kappa shape index (κ1) is 16.0. The molecule has 0 aliphatic heterocycles. The Balaban J connectivity index is 2.02. The second kappa shape index (κ2) is 7.04. The van der Waals surface area contributed by atoms with Crippen molar-refractivity contribution in [2.45, 2.75) is 13.3 Å². The SMILES string of the molecule is Cc1ccccc1CCNC(=O)c1cc([N+](=O)[O-])ccc1Cl. The highest BCUT2D eigenvalue weighted by atomic mass is 35.5. The van der Waals surface area contributed by atoms with Gasteiger partial charge in [-0.3, -0.25) is 14.9 Å². The average molecular weight is 319 g/mol. The summed E-state index contributed by atoms with van der Waals surface area (Å²) in [6.45, 7) is 2.44. The molecule has 0 bridgehead atoms. The fourth-order valence-corrected chi connectivity index (χ4v) is 2.30. The third kappa shape index (κ3) is 3.83. The van der Waals surface area contributed by atoms with E-state index in [4.69, 9.17) is 11.6 Å². The average Bonchev–Trinajstić information content (AvgIpc) is 2.49. The molecule has 22 heavy (non-hydrogen) atoms. The number of rotatable bonds is 5. The second-order valence-electron chi connectivity index (χ2n) is 4.85. The maximum Gasteiger partial charge on any atom is 0.270 e. The van der Waals surface area contributed by atoms with Crippen molar-refractivity contribution >= 4 is 23.2 Å². The number of nitro benzene ring substituents is 1. The number of hydrogen-bond donors (Lipinski definition) is 1. The predicted octanol–water partition coefficient (Wildman–Crippen LogP) is 3.53. The van der Waals surface area contributed by atoms with Crippen LogP contribution in [0.15, 0.2) is 42.5 Å². The van der Waals surface area contributed by atoms with Crippen LogP contribution in [0.4, 0.5) is 5.69 Å². The predicted molar refractivity (Wildman–Crippen MR) is 85.3 cm³/mol. The molecule has 0 aliphatic carbocycles. The Bertz CT molecular complexity index is 716. The molecule has 5 nitrogen and oxygen atoms in total. The van der Waals surface area contributed by atoms with Crippen LogP contribution in [0.2, 0.25) is 5.02 Å². The van der Waals surface area contributed by atoms with Crippen LogP contribution >= 0.6 is 11.6 Å². The highest BCUT2D eigenvalue weighted by Crippen LogP contribution is 2.21. The number of aryl methyl sites for hydroxylation is 1. The zero-order valence-corrected chi connectivity index (χ0v) is 12.8. The molecular formula is C16H15ClN2O3. The van der Waals surface area contributed by atoms with E-state index in [1.807, 2.05) is 31.2 Å². The van der Waals surface area contributed by atoms with Gasteiger partial charge in [-0.25, -0.2) is 0 Å². The van der Waals surface area contributed by atoms with E-state index in [2.05, 4.69) is 5.32 Å². The van der Waals surface area contributed by atoms with E-state index in [0.29, 0.717) is 13.0 Å². The topological polar surface area (TPSA) is 72.2 Å². The van der Waals surface area contributed by atoms with E-state index in [1.54, 1.807) is 0 Å². The zero-order valence-electron chi connectivity index (χ0n) is 12.0. The summed E-state index contributed by atoms with van der Waals surface area (Å²) >= 11 is 5.93. The van der Waals surface area contributed by atoms with Crippen molar-refractivity contribution < 1.29 is 9.72 Å². The molecule has 0 atom stereocenters. The molecule has 6 heteroatoms. The quantitative estimate of drug-likeness (QED) is 0.677. The molecule has 0 aromatic heterocycles. The Labute approximate surface area is 133 Å². The summed E-state index contributed by atoms with van der Waals surface area (Å²) in [5.41, 5.74) is 2.26. The van der Waals surface area contributed by atoms with Gasteiger partial charge in [0.05, 0.1) is 15.5 Å². The van der Waals surface area contributed by atoms with Crippen molar-refractivity contribution in [2.24, 2.45) is 0 Å². The van der Waals surface area contributed by atoms with Gasteiger partial charge in [0, 0.05) is 18.7 Å². The Kier molecular flexibility index (Phi) is 5.12. The number of nitrogens with one attached hydrogen (secondary N) is 1. The molecule has 0 heterocycles. The van der Waals surface area contributed by atoms with Gasteiger partial charge in [0.25, 0.3) is 11.6 Å². The summed E-state index contributed by atoms with van der Waals surface area (Å²) in [4.78, 5) is 22.3. The van der Waals surface area contributed by atoms with E-state index in [0.717, 1.165) is 11.1 Å². The minimum Gasteiger partial charge on any atom is -0.352 e. The number of nitrogens with zero attached hydrogens (tertiary/aromatic N) is 1. The fraction of sp³-hybridized carbons (Fsp3) is 0.188. The summed E-state index contributed by atoms with van der Waals surface area (Å²) in [5, 5.41) is 13.7. The summed E-state index contributed by atoms with van der Waals surface area (Å²) in [5.74, 6) is -0.415. The normalized spacial score (nSPS) is 10.3. The molecule has 1 amide bonds. The lowest BCUT2D eigenvalue weighted by Crippen LogP contribution is -2.26. The molecule has 2 aromatic carbocycles. The van der Waals surface area contributed by atoms with E-state index < -0.39 is 10.8 Å². The first-order valence-corrected chi connectivity index (χ1v) is 7.13. The van der Waals surface area contributed by atoms with Crippen LogP contribution in [0.3, 0.4) is 0 Å². The number of carbonyl (C=O) groups excluding carboxylic acids is 1. The number of hydrogen-bond acceptors (Lipinski definition) is 3. The second-order valence-corrected chi connectivity index (χ2v) is 5.26. The lowest BCUT2D eigenvalue weighted by atomic mass is 10.1. The molecule has 0 radical (unpaired) electrons. The highest BCUT2D eigenvalue weighted by Gasteiger charge is 2.15. The molecule has 0 saturated heterocycles. The van der Waals surface area contributed by atoms with Crippen molar-refractivity contribution in [3.63, 3.8) is 0 Å². The first-order valence-electron chi connectivity index (χ1n) is 6.75. The Hall–Kier alpha value is -2.40. The first-order chi connectivity index (χ1) is 10.5.